The zero-order valence-corrected chi connectivity index (χ0v) is 11.9. The van der Waals surface area contributed by atoms with Crippen molar-refractivity contribution in [3.05, 3.63) is 51.2 Å². The van der Waals surface area contributed by atoms with Crippen molar-refractivity contribution in [2.75, 3.05) is 0 Å². The first-order chi connectivity index (χ1) is 9.49. The Labute approximate surface area is 120 Å². The number of H-pyrrole nitrogens is 2. The lowest BCUT2D eigenvalue weighted by Gasteiger charge is -2.23. The summed E-state index contributed by atoms with van der Waals surface area (Å²) in [5.74, 6) is -0.376. The maximum absolute atomic E-state index is 12.1. The summed E-state index contributed by atoms with van der Waals surface area (Å²) in [6.07, 6.45) is 0. The lowest BCUT2D eigenvalue weighted by Crippen LogP contribution is -2.32. The summed E-state index contributed by atoms with van der Waals surface area (Å²) in [5.41, 5.74) is 0.310. The molecule has 1 aromatic heterocycles. The molecule has 0 saturated heterocycles. The standard InChI is InChI=1S/C13H15ClN4O2/c1-7(2)10(8-5-3-4-6-9(8)14)15-12(19)11-16-13(20)18-17-11/h3-7,10H,1-2H3,(H,15,19)(H2,16,17,18,20). The molecule has 6 nitrogen and oxygen atoms in total. The van der Waals surface area contributed by atoms with Crippen LogP contribution in [-0.4, -0.2) is 21.1 Å². The van der Waals surface area contributed by atoms with Crippen LogP contribution in [0.4, 0.5) is 0 Å². The average Bonchev–Trinajstić information content (AvgIpc) is 2.83. The number of halogens is 1. The Morgan fingerprint density at radius 1 is 1.35 bits per heavy atom. The van der Waals surface area contributed by atoms with Crippen LogP contribution in [0.3, 0.4) is 0 Å². The Morgan fingerprint density at radius 3 is 2.60 bits per heavy atom. The minimum absolute atomic E-state index is 0.0484. The van der Waals surface area contributed by atoms with Crippen LogP contribution in [0.5, 0.6) is 0 Å². The topological polar surface area (TPSA) is 90.6 Å². The Bertz CT molecular complexity index is 662. The van der Waals surface area contributed by atoms with Gasteiger partial charge >= 0.3 is 5.69 Å². The highest BCUT2D eigenvalue weighted by Gasteiger charge is 2.22. The second-order valence-electron chi connectivity index (χ2n) is 4.74. The third-order valence-electron chi connectivity index (χ3n) is 2.91. The van der Waals surface area contributed by atoms with Gasteiger partial charge in [-0.2, -0.15) is 0 Å². The minimum atomic E-state index is -0.519. The third-order valence-corrected chi connectivity index (χ3v) is 3.25. The molecule has 2 aromatic rings. The quantitative estimate of drug-likeness (QED) is 0.804. The molecule has 0 bridgehead atoms. The number of benzene rings is 1. The van der Waals surface area contributed by atoms with E-state index in [1.165, 1.54) is 0 Å². The molecule has 1 amide bonds. The smallest absolute Gasteiger partial charge is 0.341 e. The van der Waals surface area contributed by atoms with Gasteiger partial charge in [0.1, 0.15) is 0 Å². The van der Waals surface area contributed by atoms with Crippen LogP contribution in [0.15, 0.2) is 29.1 Å². The van der Waals surface area contributed by atoms with Crippen LogP contribution >= 0.6 is 11.6 Å². The largest absolute Gasteiger partial charge is 0.342 e. The molecular formula is C13H15ClN4O2. The number of carbonyl (C=O) groups is 1. The van der Waals surface area contributed by atoms with Crippen molar-refractivity contribution in [3.8, 4) is 0 Å². The highest BCUT2D eigenvalue weighted by Crippen LogP contribution is 2.28. The Kier molecular flexibility index (Phi) is 4.24. The van der Waals surface area contributed by atoms with E-state index in [9.17, 15) is 9.59 Å². The molecular weight excluding hydrogens is 280 g/mol. The van der Waals surface area contributed by atoms with Crippen LogP contribution in [0.1, 0.15) is 36.1 Å². The Hall–Kier alpha value is -2.08. The fourth-order valence-electron chi connectivity index (χ4n) is 1.92. The Morgan fingerprint density at radius 2 is 2.05 bits per heavy atom. The Balaban J connectivity index is 2.25. The van der Waals surface area contributed by atoms with Crippen molar-refractivity contribution >= 4 is 17.5 Å². The zero-order chi connectivity index (χ0) is 14.7. The highest BCUT2D eigenvalue weighted by molar-refractivity contribution is 6.31. The number of aromatic nitrogens is 3. The molecule has 1 aromatic carbocycles. The summed E-state index contributed by atoms with van der Waals surface area (Å²) in [6.45, 7) is 3.95. The van der Waals surface area contributed by atoms with Crippen molar-refractivity contribution in [1.82, 2.24) is 20.5 Å². The van der Waals surface area contributed by atoms with Gasteiger partial charge in [-0.3, -0.25) is 9.78 Å². The molecule has 20 heavy (non-hydrogen) atoms. The number of amides is 1. The molecule has 0 aliphatic heterocycles. The van der Waals surface area contributed by atoms with E-state index in [2.05, 4.69) is 20.5 Å². The summed E-state index contributed by atoms with van der Waals surface area (Å²) < 4.78 is 0. The molecule has 7 heteroatoms. The number of carbonyl (C=O) groups excluding carboxylic acids is 1. The SMILES string of the molecule is CC(C)C(NC(=O)c1n[nH]c(=O)[nH]1)c1ccccc1Cl. The van der Waals surface area contributed by atoms with E-state index in [-0.39, 0.29) is 17.8 Å². The predicted octanol–water partition coefficient (Wildman–Crippen LogP) is 1.88. The predicted molar refractivity (Wildman–Crippen MR) is 75.7 cm³/mol. The van der Waals surface area contributed by atoms with E-state index in [0.29, 0.717) is 5.02 Å². The van der Waals surface area contributed by atoms with Crippen LogP contribution in [0.25, 0.3) is 0 Å². The normalized spacial score (nSPS) is 12.4. The van der Waals surface area contributed by atoms with Gasteiger partial charge in [0, 0.05) is 5.02 Å². The van der Waals surface area contributed by atoms with Gasteiger partial charge in [0.25, 0.3) is 5.91 Å². The molecule has 0 fully saturated rings. The molecule has 0 saturated carbocycles. The fraction of sp³-hybridized carbons (Fsp3) is 0.308. The lowest BCUT2D eigenvalue weighted by atomic mass is 9.96. The van der Waals surface area contributed by atoms with Gasteiger partial charge < -0.3 is 5.32 Å². The maximum atomic E-state index is 12.1. The number of nitrogens with zero attached hydrogens (tertiary/aromatic N) is 1. The third kappa shape index (κ3) is 3.08. The summed E-state index contributed by atoms with van der Waals surface area (Å²) in [5, 5.41) is 9.17. The molecule has 3 N–H and O–H groups in total. The van der Waals surface area contributed by atoms with E-state index in [1.54, 1.807) is 6.07 Å². The van der Waals surface area contributed by atoms with Gasteiger partial charge in [-0.05, 0) is 17.5 Å². The summed E-state index contributed by atoms with van der Waals surface area (Å²) >= 11 is 6.17. The fourth-order valence-corrected chi connectivity index (χ4v) is 2.17. The molecule has 1 atom stereocenters. The maximum Gasteiger partial charge on any atom is 0.341 e. The van der Waals surface area contributed by atoms with Crippen molar-refractivity contribution in [2.45, 2.75) is 19.9 Å². The van der Waals surface area contributed by atoms with Gasteiger partial charge in [0.15, 0.2) is 0 Å². The van der Waals surface area contributed by atoms with Crippen LogP contribution < -0.4 is 11.0 Å². The van der Waals surface area contributed by atoms with Gasteiger partial charge in [-0.1, -0.05) is 43.6 Å². The molecule has 2 rings (SSSR count). The first-order valence-electron chi connectivity index (χ1n) is 6.19. The van der Waals surface area contributed by atoms with Crippen molar-refractivity contribution < 1.29 is 4.79 Å². The van der Waals surface area contributed by atoms with E-state index >= 15 is 0 Å². The first kappa shape index (κ1) is 14.3. The second-order valence-corrected chi connectivity index (χ2v) is 5.15. The molecule has 0 spiro atoms. The van der Waals surface area contributed by atoms with E-state index < -0.39 is 11.6 Å². The van der Waals surface area contributed by atoms with Gasteiger partial charge in [-0.15, -0.1) is 5.10 Å². The monoisotopic (exact) mass is 294 g/mol. The average molecular weight is 295 g/mol. The summed E-state index contributed by atoms with van der Waals surface area (Å²) in [7, 11) is 0. The molecule has 1 unspecified atom stereocenters. The zero-order valence-electron chi connectivity index (χ0n) is 11.1. The first-order valence-corrected chi connectivity index (χ1v) is 6.57. The number of nitrogens with one attached hydrogen (secondary N) is 3. The minimum Gasteiger partial charge on any atom is -0.342 e. The number of hydrogen-bond donors (Lipinski definition) is 3. The summed E-state index contributed by atoms with van der Waals surface area (Å²) in [6, 6.07) is 7.06. The van der Waals surface area contributed by atoms with E-state index in [1.807, 2.05) is 32.0 Å². The molecule has 0 radical (unpaired) electrons. The van der Waals surface area contributed by atoms with E-state index in [0.717, 1.165) is 5.56 Å². The lowest BCUT2D eigenvalue weighted by molar-refractivity contribution is 0.0915. The molecule has 0 aliphatic carbocycles. The van der Waals surface area contributed by atoms with Crippen molar-refractivity contribution in [3.63, 3.8) is 0 Å². The van der Waals surface area contributed by atoms with Gasteiger partial charge in [-0.25, -0.2) is 9.89 Å². The van der Waals surface area contributed by atoms with Crippen LogP contribution in [0, 0.1) is 5.92 Å². The number of hydrogen-bond acceptors (Lipinski definition) is 3. The second kappa shape index (κ2) is 5.92. The van der Waals surface area contributed by atoms with Crippen molar-refractivity contribution in [2.24, 2.45) is 5.92 Å². The summed E-state index contributed by atoms with van der Waals surface area (Å²) in [4.78, 5) is 25.3. The number of rotatable bonds is 4. The molecule has 1 heterocycles. The highest BCUT2D eigenvalue weighted by atomic mass is 35.5. The van der Waals surface area contributed by atoms with Crippen molar-refractivity contribution in [1.29, 1.82) is 0 Å². The molecule has 106 valence electrons. The van der Waals surface area contributed by atoms with Crippen LogP contribution in [-0.2, 0) is 0 Å². The van der Waals surface area contributed by atoms with Gasteiger partial charge in [0.05, 0.1) is 6.04 Å². The number of aromatic amines is 2. The van der Waals surface area contributed by atoms with Gasteiger partial charge in [0.2, 0.25) is 5.82 Å². The van der Waals surface area contributed by atoms with E-state index in [4.69, 9.17) is 11.6 Å². The molecule has 0 aliphatic rings. The van der Waals surface area contributed by atoms with Crippen LogP contribution in [0.2, 0.25) is 5.02 Å².